The van der Waals surface area contributed by atoms with Crippen molar-refractivity contribution in [3.8, 4) is 11.3 Å². The number of alkyl halides is 1. The van der Waals surface area contributed by atoms with Gasteiger partial charge in [-0.25, -0.2) is 4.98 Å². The molecular weight excluding hydrogens is 240 g/mol. The predicted octanol–water partition coefficient (Wildman–Crippen LogP) is 2.20. The van der Waals surface area contributed by atoms with Crippen LogP contribution in [0.2, 0.25) is 0 Å². The molecule has 2 aromatic rings. The first kappa shape index (κ1) is 11.7. The molecule has 88 valence electrons. The van der Waals surface area contributed by atoms with Gasteiger partial charge in [-0.2, -0.15) is 0 Å². The Kier molecular flexibility index (Phi) is 3.77. The number of halogens is 1. The Hall–Kier alpha value is -1.81. The first-order valence-corrected chi connectivity index (χ1v) is 5.65. The molecule has 0 radical (unpaired) electrons. The molecule has 0 aliphatic heterocycles. The van der Waals surface area contributed by atoms with Crippen LogP contribution in [0.5, 0.6) is 0 Å². The smallest absolute Gasteiger partial charge is 0.235 e. The monoisotopic (exact) mass is 250 g/mol. The average Bonchev–Trinajstić information content (AvgIpc) is 2.85. The van der Waals surface area contributed by atoms with E-state index in [2.05, 4.69) is 10.3 Å². The molecule has 1 aromatic heterocycles. The van der Waals surface area contributed by atoms with Gasteiger partial charge >= 0.3 is 0 Å². The van der Waals surface area contributed by atoms with Crippen LogP contribution in [0, 0.1) is 0 Å². The fraction of sp³-hybridized carbons (Fsp3) is 0.167. The molecule has 0 aliphatic carbocycles. The first-order chi connectivity index (χ1) is 8.31. The van der Waals surface area contributed by atoms with Gasteiger partial charge in [0, 0.05) is 5.56 Å². The SMILES string of the molecule is O=C(CCl)NCc1ncoc1-c1ccccc1. The van der Waals surface area contributed by atoms with Gasteiger partial charge in [0.2, 0.25) is 5.91 Å². The number of aromatic nitrogens is 1. The van der Waals surface area contributed by atoms with Gasteiger partial charge in [0.1, 0.15) is 11.6 Å². The van der Waals surface area contributed by atoms with E-state index >= 15 is 0 Å². The molecule has 1 N–H and O–H groups in total. The molecule has 0 aliphatic rings. The second-order valence-corrected chi connectivity index (χ2v) is 3.67. The Morgan fingerprint density at radius 2 is 2.12 bits per heavy atom. The van der Waals surface area contributed by atoms with E-state index in [9.17, 15) is 4.79 Å². The number of amides is 1. The highest BCUT2D eigenvalue weighted by atomic mass is 35.5. The third-order valence-corrected chi connectivity index (χ3v) is 2.49. The number of hydrogen-bond donors (Lipinski definition) is 1. The van der Waals surface area contributed by atoms with Crippen LogP contribution in [0.1, 0.15) is 5.69 Å². The van der Waals surface area contributed by atoms with Gasteiger partial charge in [0.15, 0.2) is 12.2 Å². The van der Waals surface area contributed by atoms with E-state index in [0.29, 0.717) is 18.0 Å². The minimum absolute atomic E-state index is 0.0570. The van der Waals surface area contributed by atoms with Gasteiger partial charge in [-0.15, -0.1) is 11.6 Å². The molecule has 2 rings (SSSR count). The van der Waals surface area contributed by atoms with Crippen molar-refractivity contribution in [1.82, 2.24) is 10.3 Å². The summed E-state index contributed by atoms with van der Waals surface area (Å²) in [7, 11) is 0. The minimum atomic E-state index is -0.228. The van der Waals surface area contributed by atoms with E-state index in [4.69, 9.17) is 16.0 Å². The topological polar surface area (TPSA) is 55.1 Å². The molecule has 4 nitrogen and oxygen atoms in total. The van der Waals surface area contributed by atoms with E-state index in [1.807, 2.05) is 30.3 Å². The lowest BCUT2D eigenvalue weighted by Gasteiger charge is -2.02. The highest BCUT2D eigenvalue weighted by molar-refractivity contribution is 6.27. The van der Waals surface area contributed by atoms with E-state index < -0.39 is 0 Å². The average molecular weight is 251 g/mol. The van der Waals surface area contributed by atoms with Crippen LogP contribution < -0.4 is 5.32 Å². The molecule has 17 heavy (non-hydrogen) atoms. The lowest BCUT2D eigenvalue weighted by atomic mass is 10.1. The highest BCUT2D eigenvalue weighted by Crippen LogP contribution is 2.22. The molecule has 0 saturated carbocycles. The fourth-order valence-corrected chi connectivity index (χ4v) is 1.54. The van der Waals surface area contributed by atoms with Crippen molar-refractivity contribution in [3.05, 3.63) is 42.4 Å². The number of carbonyl (C=O) groups is 1. The minimum Gasteiger partial charge on any atom is -0.443 e. The normalized spacial score (nSPS) is 10.2. The lowest BCUT2D eigenvalue weighted by Crippen LogP contribution is -2.24. The second kappa shape index (κ2) is 5.50. The Morgan fingerprint density at radius 1 is 1.35 bits per heavy atom. The summed E-state index contributed by atoms with van der Waals surface area (Å²) in [6, 6.07) is 9.60. The second-order valence-electron chi connectivity index (χ2n) is 3.40. The highest BCUT2D eigenvalue weighted by Gasteiger charge is 2.10. The molecule has 1 aromatic carbocycles. The maximum absolute atomic E-state index is 11.1. The summed E-state index contributed by atoms with van der Waals surface area (Å²) < 4.78 is 5.32. The van der Waals surface area contributed by atoms with Crippen molar-refractivity contribution in [2.45, 2.75) is 6.54 Å². The summed E-state index contributed by atoms with van der Waals surface area (Å²) in [5.41, 5.74) is 1.62. The summed E-state index contributed by atoms with van der Waals surface area (Å²) in [6.07, 6.45) is 1.37. The molecule has 0 saturated heterocycles. The van der Waals surface area contributed by atoms with Crippen LogP contribution >= 0.6 is 11.6 Å². The van der Waals surface area contributed by atoms with Gasteiger partial charge in [-0.05, 0) is 0 Å². The quantitative estimate of drug-likeness (QED) is 0.847. The van der Waals surface area contributed by atoms with E-state index in [1.54, 1.807) is 0 Å². The van der Waals surface area contributed by atoms with Crippen LogP contribution in [-0.2, 0) is 11.3 Å². The first-order valence-electron chi connectivity index (χ1n) is 5.11. The Bertz CT molecular complexity index is 496. The third-order valence-electron chi connectivity index (χ3n) is 2.25. The van der Waals surface area contributed by atoms with Gasteiger partial charge in [-0.3, -0.25) is 4.79 Å². The molecule has 1 amide bonds. The maximum Gasteiger partial charge on any atom is 0.235 e. The third kappa shape index (κ3) is 2.85. The van der Waals surface area contributed by atoms with Crippen molar-refractivity contribution in [3.63, 3.8) is 0 Å². The van der Waals surface area contributed by atoms with Gasteiger partial charge in [0.25, 0.3) is 0 Å². The van der Waals surface area contributed by atoms with Gasteiger partial charge in [0.05, 0.1) is 6.54 Å². The summed E-state index contributed by atoms with van der Waals surface area (Å²) in [6.45, 7) is 0.312. The zero-order valence-corrected chi connectivity index (χ0v) is 9.78. The molecule has 1 heterocycles. The molecular formula is C12H11ClN2O2. The molecule has 0 fully saturated rings. The molecule has 0 unspecified atom stereocenters. The molecule has 0 spiro atoms. The number of nitrogens with zero attached hydrogens (tertiary/aromatic N) is 1. The number of benzene rings is 1. The van der Waals surface area contributed by atoms with Gasteiger partial charge in [-0.1, -0.05) is 30.3 Å². The predicted molar refractivity (Wildman–Crippen MR) is 64.5 cm³/mol. The van der Waals surface area contributed by atoms with Crippen LogP contribution in [0.4, 0.5) is 0 Å². The fourth-order valence-electron chi connectivity index (χ4n) is 1.45. The molecule has 0 bridgehead atoms. The zero-order chi connectivity index (χ0) is 12.1. The Morgan fingerprint density at radius 3 is 2.82 bits per heavy atom. The number of nitrogens with one attached hydrogen (secondary N) is 1. The van der Waals surface area contributed by atoms with Crippen molar-refractivity contribution in [1.29, 1.82) is 0 Å². The Labute approximate surface area is 104 Å². The number of rotatable bonds is 4. The largest absolute Gasteiger partial charge is 0.443 e. The maximum atomic E-state index is 11.1. The molecule has 5 heteroatoms. The van der Waals surface area contributed by atoms with Crippen molar-refractivity contribution in [2.24, 2.45) is 0 Å². The van der Waals surface area contributed by atoms with Crippen molar-refractivity contribution >= 4 is 17.5 Å². The summed E-state index contributed by atoms with van der Waals surface area (Å²) in [5, 5.41) is 2.65. The van der Waals surface area contributed by atoms with Crippen molar-refractivity contribution < 1.29 is 9.21 Å². The van der Waals surface area contributed by atoms with Crippen LogP contribution in [0.15, 0.2) is 41.1 Å². The zero-order valence-electron chi connectivity index (χ0n) is 9.02. The lowest BCUT2D eigenvalue weighted by molar-refractivity contribution is -0.118. The summed E-state index contributed by atoms with van der Waals surface area (Å²) in [4.78, 5) is 15.1. The standard InChI is InChI=1S/C12H11ClN2O2/c13-6-11(16)14-7-10-12(17-8-15-10)9-4-2-1-3-5-9/h1-5,8H,6-7H2,(H,14,16). The van der Waals surface area contributed by atoms with Gasteiger partial charge < -0.3 is 9.73 Å². The van der Waals surface area contributed by atoms with Crippen molar-refractivity contribution in [2.75, 3.05) is 5.88 Å². The van der Waals surface area contributed by atoms with E-state index in [0.717, 1.165) is 5.56 Å². The van der Waals surface area contributed by atoms with E-state index in [1.165, 1.54) is 6.39 Å². The van der Waals surface area contributed by atoms with Crippen LogP contribution in [0.25, 0.3) is 11.3 Å². The number of oxazole rings is 1. The number of hydrogen-bond acceptors (Lipinski definition) is 3. The Balaban J connectivity index is 2.15. The van der Waals surface area contributed by atoms with E-state index in [-0.39, 0.29) is 11.8 Å². The summed E-state index contributed by atoms with van der Waals surface area (Å²) >= 11 is 5.39. The number of carbonyl (C=O) groups excluding carboxylic acids is 1. The van der Waals surface area contributed by atoms with Crippen LogP contribution in [-0.4, -0.2) is 16.8 Å². The molecule has 0 atom stereocenters. The van der Waals surface area contributed by atoms with Crippen LogP contribution in [0.3, 0.4) is 0 Å². The summed E-state index contributed by atoms with van der Waals surface area (Å²) in [5.74, 6) is 0.382.